The molecule has 8 heteroatoms. The van der Waals surface area contributed by atoms with Crippen molar-refractivity contribution in [3.05, 3.63) is 51.0 Å². The molecule has 0 aliphatic carbocycles. The van der Waals surface area contributed by atoms with E-state index in [1.807, 2.05) is 49.9 Å². The monoisotopic (exact) mass is 507 g/mol. The lowest BCUT2D eigenvalue weighted by Crippen LogP contribution is -2.50. The number of halogens is 2. The molecule has 0 bridgehead atoms. The Labute approximate surface area is 196 Å². The molecule has 1 aliphatic heterocycles. The summed E-state index contributed by atoms with van der Waals surface area (Å²) in [6, 6.07) is 9.09. The first kappa shape index (κ1) is 23.4. The molecule has 2 aromatic rings. The number of piperazine rings is 1. The van der Waals surface area contributed by atoms with E-state index in [9.17, 15) is 9.59 Å². The molecule has 1 aliphatic rings. The van der Waals surface area contributed by atoms with Crippen molar-refractivity contribution in [2.24, 2.45) is 5.92 Å². The Hall–Kier alpha value is -2.25. The number of carbonyl (C=O) groups excluding carboxylic acids is 2. The second kappa shape index (κ2) is 9.92. The standard InChI is InChI=1S/C23H27BrClN3O3/c1-14(2)23(30)28-10-8-27(9-11-28)20-18(25)6-5-7-19(20)26-22(29)17-13-16(24)12-15(3)21(17)31-4/h5-7,12-14H,8-11H2,1-4H3,(H,26,29). The Morgan fingerprint density at radius 2 is 1.84 bits per heavy atom. The number of rotatable bonds is 5. The van der Waals surface area contributed by atoms with Crippen LogP contribution in [0.3, 0.4) is 0 Å². The lowest BCUT2D eigenvalue weighted by molar-refractivity contribution is -0.134. The van der Waals surface area contributed by atoms with Gasteiger partial charge in [0.25, 0.3) is 5.91 Å². The van der Waals surface area contributed by atoms with E-state index in [0.717, 1.165) is 15.7 Å². The molecule has 0 spiro atoms. The molecule has 166 valence electrons. The number of hydrogen-bond donors (Lipinski definition) is 1. The summed E-state index contributed by atoms with van der Waals surface area (Å²) < 4.78 is 6.26. The van der Waals surface area contributed by atoms with Crippen molar-refractivity contribution in [1.29, 1.82) is 0 Å². The summed E-state index contributed by atoms with van der Waals surface area (Å²) in [5.41, 5.74) is 2.69. The Morgan fingerprint density at radius 1 is 1.16 bits per heavy atom. The number of carbonyl (C=O) groups is 2. The molecule has 3 rings (SSSR count). The summed E-state index contributed by atoms with van der Waals surface area (Å²) >= 11 is 9.99. The Kier molecular flexibility index (Phi) is 7.49. The number of nitrogens with one attached hydrogen (secondary N) is 1. The van der Waals surface area contributed by atoms with E-state index in [-0.39, 0.29) is 17.7 Å². The quantitative estimate of drug-likeness (QED) is 0.619. The van der Waals surface area contributed by atoms with Gasteiger partial charge >= 0.3 is 0 Å². The number of benzene rings is 2. The summed E-state index contributed by atoms with van der Waals surface area (Å²) in [5, 5.41) is 3.55. The zero-order valence-corrected chi connectivity index (χ0v) is 20.5. The maximum Gasteiger partial charge on any atom is 0.259 e. The van der Waals surface area contributed by atoms with E-state index < -0.39 is 0 Å². The van der Waals surface area contributed by atoms with Crippen LogP contribution in [0.2, 0.25) is 5.02 Å². The molecule has 0 aromatic heterocycles. The fourth-order valence-electron chi connectivity index (χ4n) is 3.81. The normalized spacial score (nSPS) is 14.0. The van der Waals surface area contributed by atoms with E-state index in [1.165, 1.54) is 0 Å². The van der Waals surface area contributed by atoms with E-state index in [2.05, 4.69) is 26.1 Å². The summed E-state index contributed by atoms with van der Waals surface area (Å²) in [7, 11) is 1.55. The van der Waals surface area contributed by atoms with Crippen LogP contribution in [0, 0.1) is 12.8 Å². The fourth-order valence-corrected chi connectivity index (χ4v) is 4.68. The average molecular weight is 509 g/mol. The molecule has 1 fully saturated rings. The molecule has 31 heavy (non-hydrogen) atoms. The van der Waals surface area contributed by atoms with Crippen LogP contribution >= 0.6 is 27.5 Å². The van der Waals surface area contributed by atoms with Gasteiger partial charge in [0.15, 0.2) is 0 Å². The summed E-state index contributed by atoms with van der Waals surface area (Å²) in [6.45, 7) is 8.24. The number of methoxy groups -OCH3 is 1. The first-order valence-electron chi connectivity index (χ1n) is 10.2. The van der Waals surface area contributed by atoms with Crippen molar-refractivity contribution >= 4 is 50.7 Å². The van der Waals surface area contributed by atoms with Gasteiger partial charge in [0, 0.05) is 36.6 Å². The minimum absolute atomic E-state index is 0.0228. The second-order valence-electron chi connectivity index (χ2n) is 7.86. The molecule has 1 heterocycles. The summed E-state index contributed by atoms with van der Waals surface area (Å²) in [6.07, 6.45) is 0. The highest BCUT2D eigenvalue weighted by Gasteiger charge is 2.26. The molecule has 6 nitrogen and oxygen atoms in total. The average Bonchev–Trinajstić information content (AvgIpc) is 2.73. The molecule has 2 amide bonds. The number of para-hydroxylation sites is 1. The molecular formula is C23H27BrClN3O3. The van der Waals surface area contributed by atoms with Crippen LogP contribution < -0.4 is 15.0 Å². The maximum atomic E-state index is 13.1. The minimum atomic E-state index is -0.279. The van der Waals surface area contributed by atoms with Gasteiger partial charge in [0.1, 0.15) is 5.75 Å². The van der Waals surface area contributed by atoms with Gasteiger partial charge in [-0.15, -0.1) is 0 Å². The summed E-state index contributed by atoms with van der Waals surface area (Å²) in [5.74, 6) is 0.387. The van der Waals surface area contributed by atoms with Crippen LogP contribution in [0.5, 0.6) is 5.75 Å². The largest absolute Gasteiger partial charge is 0.496 e. The third-order valence-electron chi connectivity index (χ3n) is 5.32. The number of aryl methyl sites for hydroxylation is 1. The van der Waals surface area contributed by atoms with E-state index in [1.54, 1.807) is 13.2 Å². The van der Waals surface area contributed by atoms with Gasteiger partial charge in [0.2, 0.25) is 5.91 Å². The number of anilines is 2. The third kappa shape index (κ3) is 5.15. The zero-order valence-electron chi connectivity index (χ0n) is 18.2. The molecular weight excluding hydrogens is 482 g/mol. The van der Waals surface area contributed by atoms with Crippen molar-refractivity contribution < 1.29 is 14.3 Å². The van der Waals surface area contributed by atoms with Gasteiger partial charge < -0.3 is 19.9 Å². The number of amides is 2. The van der Waals surface area contributed by atoms with Crippen molar-refractivity contribution in [2.45, 2.75) is 20.8 Å². The molecule has 1 N–H and O–H groups in total. The van der Waals surface area contributed by atoms with Crippen LogP contribution in [-0.2, 0) is 4.79 Å². The van der Waals surface area contributed by atoms with Gasteiger partial charge in [0.05, 0.1) is 29.1 Å². The first-order valence-corrected chi connectivity index (χ1v) is 11.4. The van der Waals surface area contributed by atoms with Gasteiger partial charge in [-0.2, -0.15) is 0 Å². The maximum absolute atomic E-state index is 13.1. The van der Waals surface area contributed by atoms with Gasteiger partial charge in [-0.1, -0.05) is 47.4 Å². The molecule has 0 atom stereocenters. The van der Waals surface area contributed by atoms with Crippen LogP contribution in [0.1, 0.15) is 29.8 Å². The Morgan fingerprint density at radius 3 is 2.45 bits per heavy atom. The van der Waals surface area contributed by atoms with Crippen molar-refractivity contribution in [3.63, 3.8) is 0 Å². The SMILES string of the molecule is COc1c(C)cc(Br)cc1C(=O)Nc1cccc(Cl)c1N1CCN(C(=O)C(C)C)CC1. The molecule has 1 saturated heterocycles. The lowest BCUT2D eigenvalue weighted by Gasteiger charge is -2.38. The molecule has 0 saturated carbocycles. The highest BCUT2D eigenvalue weighted by atomic mass is 79.9. The van der Waals surface area contributed by atoms with Crippen LogP contribution in [0.15, 0.2) is 34.8 Å². The topological polar surface area (TPSA) is 61.9 Å². The lowest BCUT2D eigenvalue weighted by atomic mass is 10.1. The zero-order chi connectivity index (χ0) is 22.7. The predicted octanol–water partition coefficient (Wildman–Crippen LogP) is 4.98. The van der Waals surface area contributed by atoms with E-state index >= 15 is 0 Å². The number of ether oxygens (including phenoxy) is 1. The van der Waals surface area contributed by atoms with Crippen molar-refractivity contribution in [1.82, 2.24) is 4.90 Å². The van der Waals surface area contributed by atoms with E-state index in [0.29, 0.717) is 48.2 Å². The van der Waals surface area contributed by atoms with Crippen LogP contribution in [0.25, 0.3) is 0 Å². The second-order valence-corrected chi connectivity index (χ2v) is 9.18. The number of hydrogen-bond acceptors (Lipinski definition) is 4. The van der Waals surface area contributed by atoms with E-state index in [4.69, 9.17) is 16.3 Å². The molecule has 0 radical (unpaired) electrons. The fraction of sp³-hybridized carbons (Fsp3) is 0.391. The van der Waals surface area contributed by atoms with Gasteiger partial charge in [-0.3, -0.25) is 9.59 Å². The predicted molar refractivity (Wildman–Crippen MR) is 128 cm³/mol. The highest BCUT2D eigenvalue weighted by molar-refractivity contribution is 9.10. The van der Waals surface area contributed by atoms with Crippen molar-refractivity contribution in [2.75, 3.05) is 43.5 Å². The van der Waals surface area contributed by atoms with Crippen molar-refractivity contribution in [3.8, 4) is 5.75 Å². The Bertz CT molecular complexity index is 988. The first-order chi connectivity index (χ1) is 14.7. The minimum Gasteiger partial charge on any atom is -0.496 e. The number of nitrogens with zero attached hydrogens (tertiary/aromatic N) is 2. The highest BCUT2D eigenvalue weighted by Crippen LogP contribution is 2.36. The molecule has 0 unspecified atom stereocenters. The summed E-state index contributed by atoms with van der Waals surface area (Å²) in [4.78, 5) is 29.4. The van der Waals surface area contributed by atoms with Crippen LogP contribution in [-0.4, -0.2) is 50.0 Å². The van der Waals surface area contributed by atoms with Crippen LogP contribution in [0.4, 0.5) is 11.4 Å². The smallest absolute Gasteiger partial charge is 0.259 e. The third-order valence-corrected chi connectivity index (χ3v) is 6.09. The van der Waals surface area contributed by atoms with Gasteiger partial charge in [-0.05, 0) is 36.8 Å². The molecule has 2 aromatic carbocycles. The van der Waals surface area contributed by atoms with Gasteiger partial charge in [-0.25, -0.2) is 0 Å². The Balaban J connectivity index is 1.85.